The molecule has 0 bridgehead atoms. The molecular weight excluding hydrogens is 428 g/mol. The zero-order valence-electron chi connectivity index (χ0n) is 20.7. The van der Waals surface area contributed by atoms with Crippen LogP contribution in [-0.2, 0) is 18.6 Å². The van der Waals surface area contributed by atoms with Crippen LogP contribution in [0.3, 0.4) is 0 Å². The number of hydrogen-bond acceptors (Lipinski definition) is 6. The number of aromatic nitrogens is 5. The van der Waals surface area contributed by atoms with Crippen LogP contribution in [-0.4, -0.2) is 30.1 Å². The van der Waals surface area contributed by atoms with Gasteiger partial charge in [0.2, 0.25) is 0 Å². The number of pyridine rings is 1. The van der Waals surface area contributed by atoms with Gasteiger partial charge in [-0.05, 0) is 79.3 Å². The van der Waals surface area contributed by atoms with E-state index in [-0.39, 0.29) is 17.1 Å². The van der Waals surface area contributed by atoms with Gasteiger partial charge in [0, 0.05) is 17.6 Å². The van der Waals surface area contributed by atoms with Crippen LogP contribution < -0.4 is 5.56 Å². The smallest absolute Gasteiger partial charge is 0.252 e. The standard InChI is InChI=1S/C26H34N6O2/c1-6-9-23(24-28-29-30-32(24)26(4,5)7-2)31(17-21-10-8-13-34-21)16-20-15-19-12-11-18(3)14-22(19)27-25(20)33/h8,10-15,23H,6-7,9,16-17H2,1-5H3,(H,27,33)/t23-/m0/s1. The van der Waals surface area contributed by atoms with E-state index in [4.69, 9.17) is 4.42 Å². The number of aromatic amines is 1. The third-order valence-electron chi connectivity index (χ3n) is 6.62. The molecule has 0 saturated carbocycles. The van der Waals surface area contributed by atoms with E-state index in [0.717, 1.165) is 47.3 Å². The number of fused-ring (bicyclic) bond motifs is 1. The number of tetrazole rings is 1. The Balaban J connectivity index is 1.77. The lowest BCUT2D eigenvalue weighted by Crippen LogP contribution is -2.36. The first-order chi connectivity index (χ1) is 16.3. The molecule has 4 rings (SSSR count). The van der Waals surface area contributed by atoms with E-state index in [1.807, 2.05) is 35.9 Å². The van der Waals surface area contributed by atoms with Gasteiger partial charge in [-0.25, -0.2) is 4.68 Å². The largest absolute Gasteiger partial charge is 0.468 e. The van der Waals surface area contributed by atoms with Crippen LogP contribution in [0.1, 0.15) is 75.7 Å². The molecule has 0 fully saturated rings. The van der Waals surface area contributed by atoms with Gasteiger partial charge in [-0.1, -0.05) is 32.4 Å². The zero-order valence-corrected chi connectivity index (χ0v) is 20.7. The molecule has 0 amide bonds. The Morgan fingerprint density at radius 2 is 2.00 bits per heavy atom. The molecule has 34 heavy (non-hydrogen) atoms. The normalized spacial score (nSPS) is 13.1. The third-order valence-corrected chi connectivity index (χ3v) is 6.62. The molecule has 3 aromatic heterocycles. The van der Waals surface area contributed by atoms with E-state index in [1.54, 1.807) is 6.26 Å². The van der Waals surface area contributed by atoms with Crippen LogP contribution in [0.2, 0.25) is 0 Å². The number of nitrogens with zero attached hydrogens (tertiary/aromatic N) is 5. The molecular formula is C26H34N6O2. The molecule has 3 heterocycles. The Hall–Kier alpha value is -3.26. The molecule has 4 aromatic rings. The number of rotatable bonds is 10. The first-order valence-electron chi connectivity index (χ1n) is 12.0. The third kappa shape index (κ3) is 4.97. The molecule has 0 unspecified atom stereocenters. The predicted molar refractivity (Wildman–Crippen MR) is 132 cm³/mol. The maximum Gasteiger partial charge on any atom is 0.252 e. The van der Waals surface area contributed by atoms with Gasteiger partial charge in [0.15, 0.2) is 5.82 Å². The quantitative estimate of drug-likeness (QED) is 0.352. The van der Waals surface area contributed by atoms with Crippen molar-refractivity contribution < 1.29 is 4.42 Å². The zero-order chi connectivity index (χ0) is 24.3. The van der Waals surface area contributed by atoms with E-state index < -0.39 is 0 Å². The van der Waals surface area contributed by atoms with Gasteiger partial charge < -0.3 is 9.40 Å². The monoisotopic (exact) mass is 462 g/mol. The molecule has 1 aromatic carbocycles. The Morgan fingerprint density at radius 1 is 1.18 bits per heavy atom. The fourth-order valence-electron chi connectivity index (χ4n) is 4.31. The van der Waals surface area contributed by atoms with Crippen LogP contribution in [0.15, 0.2) is 51.9 Å². The van der Waals surface area contributed by atoms with Crippen molar-refractivity contribution in [2.24, 2.45) is 0 Å². The van der Waals surface area contributed by atoms with Gasteiger partial charge in [-0.2, -0.15) is 0 Å². The Labute approximate surface area is 200 Å². The van der Waals surface area contributed by atoms with Gasteiger partial charge in [0.05, 0.1) is 24.4 Å². The van der Waals surface area contributed by atoms with E-state index in [9.17, 15) is 4.79 Å². The van der Waals surface area contributed by atoms with Crippen molar-refractivity contribution in [3.05, 3.63) is 75.7 Å². The lowest BCUT2D eigenvalue weighted by molar-refractivity contribution is 0.135. The highest BCUT2D eigenvalue weighted by Gasteiger charge is 2.32. The summed E-state index contributed by atoms with van der Waals surface area (Å²) in [7, 11) is 0. The number of H-pyrrole nitrogens is 1. The molecule has 8 nitrogen and oxygen atoms in total. The number of aryl methyl sites for hydroxylation is 1. The molecule has 0 aliphatic carbocycles. The Morgan fingerprint density at radius 3 is 2.71 bits per heavy atom. The van der Waals surface area contributed by atoms with Gasteiger partial charge >= 0.3 is 0 Å². The minimum atomic E-state index is -0.223. The highest BCUT2D eigenvalue weighted by Crippen LogP contribution is 2.31. The average Bonchev–Trinajstić information content (AvgIpc) is 3.50. The first kappa shape index (κ1) is 23.9. The number of hydrogen-bond donors (Lipinski definition) is 1. The molecule has 8 heteroatoms. The maximum absolute atomic E-state index is 13.1. The first-order valence-corrected chi connectivity index (χ1v) is 12.0. The van der Waals surface area contributed by atoms with Crippen LogP contribution in [0.25, 0.3) is 10.9 Å². The van der Waals surface area contributed by atoms with Crippen molar-refractivity contribution in [1.82, 2.24) is 30.1 Å². The predicted octanol–water partition coefficient (Wildman–Crippen LogP) is 5.10. The van der Waals surface area contributed by atoms with Gasteiger partial charge in [-0.15, -0.1) is 5.10 Å². The summed E-state index contributed by atoms with van der Waals surface area (Å²) in [5.74, 6) is 1.65. The lowest BCUT2D eigenvalue weighted by atomic mass is 10.0. The highest BCUT2D eigenvalue weighted by atomic mass is 16.3. The van der Waals surface area contributed by atoms with Crippen LogP contribution in [0.5, 0.6) is 0 Å². The van der Waals surface area contributed by atoms with Gasteiger partial charge in [-0.3, -0.25) is 9.69 Å². The minimum Gasteiger partial charge on any atom is -0.468 e. The van der Waals surface area contributed by atoms with Crippen LogP contribution in [0, 0.1) is 6.92 Å². The van der Waals surface area contributed by atoms with E-state index in [1.165, 1.54) is 0 Å². The second-order valence-corrected chi connectivity index (χ2v) is 9.62. The molecule has 0 aliphatic rings. The molecule has 1 N–H and O–H groups in total. The van der Waals surface area contributed by atoms with Crippen molar-refractivity contribution in [2.45, 2.75) is 78.6 Å². The van der Waals surface area contributed by atoms with Gasteiger partial charge in [0.25, 0.3) is 5.56 Å². The molecule has 0 saturated heterocycles. The molecule has 1 atom stereocenters. The summed E-state index contributed by atoms with van der Waals surface area (Å²) >= 11 is 0. The summed E-state index contributed by atoms with van der Waals surface area (Å²) < 4.78 is 7.63. The Bertz CT molecular complexity index is 1290. The topological polar surface area (TPSA) is 92.8 Å². The molecule has 0 aliphatic heterocycles. The van der Waals surface area contributed by atoms with Crippen molar-refractivity contribution in [3.63, 3.8) is 0 Å². The number of nitrogens with one attached hydrogen (secondary N) is 1. The second kappa shape index (κ2) is 9.93. The summed E-state index contributed by atoms with van der Waals surface area (Å²) in [5.41, 5.74) is 2.37. The van der Waals surface area contributed by atoms with Crippen LogP contribution >= 0.6 is 0 Å². The van der Waals surface area contributed by atoms with Gasteiger partial charge in [0.1, 0.15) is 5.76 Å². The number of furan rings is 1. The highest BCUT2D eigenvalue weighted by molar-refractivity contribution is 5.79. The minimum absolute atomic E-state index is 0.0775. The summed E-state index contributed by atoms with van der Waals surface area (Å²) in [6, 6.07) is 11.9. The summed E-state index contributed by atoms with van der Waals surface area (Å²) in [4.78, 5) is 18.4. The van der Waals surface area contributed by atoms with E-state index in [0.29, 0.717) is 18.7 Å². The average molecular weight is 463 g/mol. The van der Waals surface area contributed by atoms with E-state index in [2.05, 4.69) is 65.2 Å². The van der Waals surface area contributed by atoms with Crippen molar-refractivity contribution in [2.75, 3.05) is 0 Å². The Kier molecular flexibility index (Phi) is 6.97. The molecule has 0 radical (unpaired) electrons. The summed E-state index contributed by atoms with van der Waals surface area (Å²) in [6.45, 7) is 11.6. The fraction of sp³-hybridized carbons (Fsp3) is 0.462. The molecule has 180 valence electrons. The lowest BCUT2D eigenvalue weighted by Gasteiger charge is -2.33. The molecule has 0 spiro atoms. The van der Waals surface area contributed by atoms with Crippen molar-refractivity contribution >= 4 is 10.9 Å². The second-order valence-electron chi connectivity index (χ2n) is 9.62. The SMILES string of the molecule is CCC[C@@H](c1nnnn1C(C)(C)CC)N(Cc1ccco1)Cc1cc2ccc(C)cc2[nH]c1=O. The van der Waals surface area contributed by atoms with Crippen molar-refractivity contribution in [1.29, 1.82) is 0 Å². The summed E-state index contributed by atoms with van der Waals surface area (Å²) in [6.07, 6.45) is 4.38. The summed E-state index contributed by atoms with van der Waals surface area (Å²) in [5, 5.41) is 13.9. The van der Waals surface area contributed by atoms with Crippen molar-refractivity contribution in [3.8, 4) is 0 Å². The fourth-order valence-corrected chi connectivity index (χ4v) is 4.31. The van der Waals surface area contributed by atoms with Crippen LogP contribution in [0.4, 0.5) is 0 Å². The van der Waals surface area contributed by atoms with E-state index >= 15 is 0 Å². The maximum atomic E-state index is 13.1. The number of benzene rings is 1.